The Morgan fingerprint density at radius 3 is 2.37 bits per heavy atom. The second kappa shape index (κ2) is 10.4. The SMILES string of the molecule is C=CCNC(=O)C(=O)N/N=C\c1ccc(OCc2c(Cl)cccc2Cl)cc1. The van der Waals surface area contributed by atoms with Crippen LogP contribution in [0.4, 0.5) is 0 Å². The zero-order chi connectivity index (χ0) is 19.6. The normalized spacial score (nSPS) is 10.4. The Morgan fingerprint density at radius 1 is 1.07 bits per heavy atom. The molecule has 27 heavy (non-hydrogen) atoms. The van der Waals surface area contributed by atoms with E-state index >= 15 is 0 Å². The van der Waals surface area contributed by atoms with Gasteiger partial charge in [0.1, 0.15) is 12.4 Å². The van der Waals surface area contributed by atoms with Crippen LogP contribution in [0.1, 0.15) is 11.1 Å². The van der Waals surface area contributed by atoms with Gasteiger partial charge in [0.25, 0.3) is 0 Å². The second-order valence-electron chi connectivity index (χ2n) is 5.26. The lowest BCUT2D eigenvalue weighted by molar-refractivity contribution is -0.139. The first-order chi connectivity index (χ1) is 13.0. The molecule has 2 amide bonds. The van der Waals surface area contributed by atoms with Gasteiger partial charge in [-0.15, -0.1) is 6.58 Å². The first kappa shape index (κ1) is 20.5. The molecule has 0 aromatic heterocycles. The fraction of sp³-hybridized carbons (Fsp3) is 0.105. The number of nitrogens with zero attached hydrogens (tertiary/aromatic N) is 1. The third-order valence-electron chi connectivity index (χ3n) is 3.32. The van der Waals surface area contributed by atoms with Crippen molar-refractivity contribution in [2.45, 2.75) is 6.61 Å². The number of benzene rings is 2. The van der Waals surface area contributed by atoms with E-state index in [0.29, 0.717) is 26.9 Å². The molecule has 0 aliphatic carbocycles. The van der Waals surface area contributed by atoms with Crippen molar-refractivity contribution in [3.63, 3.8) is 0 Å². The van der Waals surface area contributed by atoms with E-state index in [-0.39, 0.29) is 13.2 Å². The van der Waals surface area contributed by atoms with Crippen LogP contribution in [0, 0.1) is 0 Å². The average Bonchev–Trinajstić information content (AvgIpc) is 2.66. The van der Waals surface area contributed by atoms with Crippen molar-refractivity contribution in [2.24, 2.45) is 5.10 Å². The van der Waals surface area contributed by atoms with Crippen molar-refractivity contribution in [3.05, 3.63) is 76.3 Å². The van der Waals surface area contributed by atoms with Gasteiger partial charge in [0.05, 0.1) is 6.21 Å². The summed E-state index contributed by atoms with van der Waals surface area (Å²) in [5, 5.41) is 7.16. The van der Waals surface area contributed by atoms with Crippen LogP contribution in [0.5, 0.6) is 5.75 Å². The number of amides is 2. The van der Waals surface area contributed by atoms with Crippen LogP contribution in [-0.4, -0.2) is 24.6 Å². The van der Waals surface area contributed by atoms with Crippen molar-refractivity contribution in [2.75, 3.05) is 6.54 Å². The number of hydrogen-bond donors (Lipinski definition) is 2. The summed E-state index contributed by atoms with van der Waals surface area (Å²) in [6, 6.07) is 12.2. The Bertz CT molecular complexity index is 832. The van der Waals surface area contributed by atoms with E-state index in [1.165, 1.54) is 12.3 Å². The lowest BCUT2D eigenvalue weighted by atomic mass is 10.2. The van der Waals surface area contributed by atoms with Crippen LogP contribution in [0.15, 0.2) is 60.2 Å². The van der Waals surface area contributed by atoms with Gasteiger partial charge in [-0.25, -0.2) is 5.43 Å². The third kappa shape index (κ3) is 6.44. The number of hydrazone groups is 1. The fourth-order valence-corrected chi connectivity index (χ4v) is 2.44. The maximum atomic E-state index is 11.5. The number of carbonyl (C=O) groups excluding carboxylic acids is 2. The number of ether oxygens (including phenoxy) is 1. The van der Waals surface area contributed by atoms with Crippen LogP contribution in [0.25, 0.3) is 0 Å². The lowest BCUT2D eigenvalue weighted by Gasteiger charge is -2.09. The molecule has 0 aliphatic heterocycles. The molecule has 0 spiro atoms. The highest BCUT2D eigenvalue weighted by Crippen LogP contribution is 2.25. The van der Waals surface area contributed by atoms with E-state index in [4.69, 9.17) is 27.9 Å². The van der Waals surface area contributed by atoms with Crippen molar-refractivity contribution >= 4 is 41.2 Å². The summed E-state index contributed by atoms with van der Waals surface area (Å²) >= 11 is 12.2. The summed E-state index contributed by atoms with van der Waals surface area (Å²) in [6.45, 7) is 3.88. The maximum absolute atomic E-state index is 11.5. The molecule has 0 heterocycles. The average molecular weight is 406 g/mol. The second-order valence-corrected chi connectivity index (χ2v) is 6.07. The highest BCUT2D eigenvalue weighted by Gasteiger charge is 2.10. The zero-order valence-corrected chi connectivity index (χ0v) is 15.8. The number of halogens is 2. The monoisotopic (exact) mass is 405 g/mol. The van der Waals surface area contributed by atoms with Crippen LogP contribution < -0.4 is 15.5 Å². The molecule has 0 unspecified atom stereocenters. The Balaban J connectivity index is 1.87. The summed E-state index contributed by atoms with van der Waals surface area (Å²) in [5.74, 6) is -1.02. The molecule has 2 N–H and O–H groups in total. The van der Waals surface area contributed by atoms with E-state index < -0.39 is 11.8 Å². The van der Waals surface area contributed by atoms with Gasteiger partial charge in [0.2, 0.25) is 0 Å². The standard InChI is InChI=1S/C19H17Cl2N3O3/c1-2-10-22-18(25)19(26)24-23-11-13-6-8-14(9-7-13)27-12-15-16(20)4-3-5-17(15)21/h2-9,11H,1,10,12H2,(H,22,25)(H,24,26)/b23-11-. The molecular weight excluding hydrogens is 389 g/mol. The maximum Gasteiger partial charge on any atom is 0.329 e. The van der Waals surface area contributed by atoms with Gasteiger partial charge < -0.3 is 10.1 Å². The van der Waals surface area contributed by atoms with E-state index in [0.717, 1.165) is 0 Å². The Labute approximate surface area is 166 Å². The Morgan fingerprint density at radius 2 is 1.74 bits per heavy atom. The van der Waals surface area contributed by atoms with E-state index in [1.807, 2.05) is 0 Å². The smallest absolute Gasteiger partial charge is 0.329 e. The number of rotatable bonds is 7. The van der Waals surface area contributed by atoms with Crippen molar-refractivity contribution in [3.8, 4) is 5.75 Å². The molecule has 0 bridgehead atoms. The molecule has 6 nitrogen and oxygen atoms in total. The topological polar surface area (TPSA) is 79.8 Å². The summed E-state index contributed by atoms with van der Waals surface area (Å²) in [5.41, 5.74) is 3.56. The van der Waals surface area contributed by atoms with Gasteiger partial charge in [-0.2, -0.15) is 5.10 Å². The molecule has 0 fully saturated rings. The van der Waals surface area contributed by atoms with Gasteiger partial charge in [0, 0.05) is 22.2 Å². The molecule has 0 aliphatic rings. The molecule has 0 atom stereocenters. The van der Waals surface area contributed by atoms with Gasteiger partial charge in [-0.05, 0) is 42.0 Å². The quantitative estimate of drug-likeness (QED) is 0.321. The van der Waals surface area contributed by atoms with Gasteiger partial charge in [-0.3, -0.25) is 9.59 Å². The molecule has 2 rings (SSSR count). The van der Waals surface area contributed by atoms with Gasteiger partial charge in [-0.1, -0.05) is 35.3 Å². The molecule has 8 heteroatoms. The minimum absolute atomic E-state index is 0.205. The molecular formula is C19H17Cl2N3O3. The van der Waals surface area contributed by atoms with Gasteiger partial charge >= 0.3 is 11.8 Å². The van der Waals surface area contributed by atoms with E-state index in [1.54, 1.807) is 42.5 Å². The first-order valence-corrected chi connectivity index (χ1v) is 8.64. The number of hydrogen-bond acceptors (Lipinski definition) is 4. The fourth-order valence-electron chi connectivity index (χ4n) is 1.94. The zero-order valence-electron chi connectivity index (χ0n) is 14.2. The third-order valence-corrected chi connectivity index (χ3v) is 4.03. The van der Waals surface area contributed by atoms with Crippen LogP contribution in [0.3, 0.4) is 0 Å². The number of carbonyl (C=O) groups is 2. The minimum atomic E-state index is -0.857. The predicted octanol–water partition coefficient (Wildman–Crippen LogP) is 3.32. The van der Waals surface area contributed by atoms with Gasteiger partial charge in [0.15, 0.2) is 0 Å². The highest BCUT2D eigenvalue weighted by atomic mass is 35.5. The number of nitrogens with one attached hydrogen (secondary N) is 2. The molecule has 0 saturated carbocycles. The minimum Gasteiger partial charge on any atom is -0.489 e. The molecule has 140 valence electrons. The molecule has 2 aromatic rings. The highest BCUT2D eigenvalue weighted by molar-refractivity contribution is 6.36. The summed E-state index contributed by atoms with van der Waals surface area (Å²) in [4.78, 5) is 22.8. The molecule has 0 radical (unpaired) electrons. The Hall–Kier alpha value is -2.83. The first-order valence-electron chi connectivity index (χ1n) is 7.89. The van der Waals surface area contributed by atoms with E-state index in [9.17, 15) is 9.59 Å². The largest absolute Gasteiger partial charge is 0.489 e. The van der Waals surface area contributed by atoms with Crippen molar-refractivity contribution in [1.82, 2.24) is 10.7 Å². The predicted molar refractivity (Wildman–Crippen MR) is 106 cm³/mol. The lowest BCUT2D eigenvalue weighted by Crippen LogP contribution is -2.37. The Kier molecular flexibility index (Phi) is 7.85. The summed E-state index contributed by atoms with van der Waals surface area (Å²) in [6.07, 6.45) is 2.88. The molecule has 0 saturated heterocycles. The van der Waals surface area contributed by atoms with E-state index in [2.05, 4.69) is 22.4 Å². The van der Waals surface area contributed by atoms with Crippen molar-refractivity contribution in [1.29, 1.82) is 0 Å². The molecule has 2 aromatic carbocycles. The van der Waals surface area contributed by atoms with Crippen LogP contribution >= 0.6 is 23.2 Å². The van der Waals surface area contributed by atoms with Crippen LogP contribution in [0.2, 0.25) is 10.0 Å². The van der Waals surface area contributed by atoms with Crippen molar-refractivity contribution < 1.29 is 14.3 Å². The summed E-state index contributed by atoms with van der Waals surface area (Å²) in [7, 11) is 0. The van der Waals surface area contributed by atoms with Crippen LogP contribution in [-0.2, 0) is 16.2 Å². The summed E-state index contributed by atoms with van der Waals surface area (Å²) < 4.78 is 5.68.